The highest BCUT2D eigenvalue weighted by Gasteiger charge is 2.19. The molecular formula is C19H20N10O. The summed E-state index contributed by atoms with van der Waals surface area (Å²) in [4.78, 5) is 21.3. The van der Waals surface area contributed by atoms with Gasteiger partial charge in [-0.2, -0.15) is 0 Å². The number of anilines is 1. The molecule has 5 rings (SSSR count). The lowest BCUT2D eigenvalue weighted by Gasteiger charge is -2.22. The number of piperidine rings is 1. The smallest absolute Gasteiger partial charge is 0.280 e. The van der Waals surface area contributed by atoms with Crippen LogP contribution in [-0.4, -0.2) is 59.0 Å². The van der Waals surface area contributed by atoms with Crippen molar-refractivity contribution in [3.63, 3.8) is 0 Å². The van der Waals surface area contributed by atoms with E-state index >= 15 is 0 Å². The van der Waals surface area contributed by atoms with E-state index in [0.717, 1.165) is 42.6 Å². The monoisotopic (exact) mass is 404 g/mol. The van der Waals surface area contributed by atoms with Crippen molar-refractivity contribution in [1.82, 2.24) is 45.3 Å². The highest BCUT2D eigenvalue weighted by atomic mass is 16.2. The first-order valence-electron chi connectivity index (χ1n) is 9.73. The number of aromatic nitrogens is 8. The second kappa shape index (κ2) is 7.59. The molecule has 1 aliphatic rings. The number of nitrogens with zero attached hydrogens (tertiary/aromatic N) is 8. The molecule has 30 heavy (non-hydrogen) atoms. The van der Waals surface area contributed by atoms with Crippen molar-refractivity contribution in [2.45, 2.75) is 18.9 Å². The summed E-state index contributed by atoms with van der Waals surface area (Å²) in [6.07, 6.45) is 7.11. The number of hydrogen-bond acceptors (Lipinski definition) is 8. The summed E-state index contributed by atoms with van der Waals surface area (Å²) in [7, 11) is 1.81. The SMILES string of the molecule is Cn1cc(-c2ccc3cnc(NC(=O)c4cn(C5CCNCC5)nn4)nc3c2)nn1. The number of carbonyl (C=O) groups is 1. The topological polar surface area (TPSA) is 128 Å². The Morgan fingerprint density at radius 2 is 2.03 bits per heavy atom. The van der Waals surface area contributed by atoms with Crippen LogP contribution in [0.25, 0.3) is 22.2 Å². The zero-order valence-electron chi connectivity index (χ0n) is 16.4. The molecule has 4 heterocycles. The zero-order chi connectivity index (χ0) is 20.5. The molecule has 152 valence electrons. The van der Waals surface area contributed by atoms with Crippen molar-refractivity contribution in [2.24, 2.45) is 7.05 Å². The summed E-state index contributed by atoms with van der Waals surface area (Å²) < 4.78 is 3.41. The van der Waals surface area contributed by atoms with Crippen LogP contribution in [0.2, 0.25) is 0 Å². The summed E-state index contributed by atoms with van der Waals surface area (Å²) in [5, 5.41) is 23.1. The van der Waals surface area contributed by atoms with E-state index < -0.39 is 0 Å². The molecule has 2 N–H and O–H groups in total. The molecule has 0 atom stereocenters. The van der Waals surface area contributed by atoms with Gasteiger partial charge in [-0.25, -0.2) is 14.6 Å². The van der Waals surface area contributed by atoms with Crippen LogP contribution in [0.1, 0.15) is 29.4 Å². The molecule has 0 saturated carbocycles. The van der Waals surface area contributed by atoms with Crippen LogP contribution in [0.3, 0.4) is 0 Å². The minimum absolute atomic E-state index is 0.209. The molecule has 0 aliphatic carbocycles. The Balaban J connectivity index is 1.35. The first kappa shape index (κ1) is 18.3. The number of aryl methyl sites for hydroxylation is 1. The fraction of sp³-hybridized carbons (Fsp3) is 0.316. The molecule has 1 aromatic carbocycles. The Morgan fingerprint density at radius 3 is 2.83 bits per heavy atom. The Morgan fingerprint density at radius 1 is 1.17 bits per heavy atom. The standard InChI is InChI=1S/C19H20N10O/c1-28-10-16(24-26-28)12-2-3-13-9-21-19(22-15(13)8-12)23-18(30)17-11-29(27-25-17)14-4-6-20-7-5-14/h2-3,8-11,14,20H,4-7H2,1H3,(H,21,22,23,30). The van der Waals surface area contributed by atoms with Gasteiger partial charge >= 0.3 is 0 Å². The molecule has 1 aliphatic heterocycles. The van der Waals surface area contributed by atoms with Crippen LogP contribution in [0.5, 0.6) is 0 Å². The third kappa shape index (κ3) is 3.62. The quantitative estimate of drug-likeness (QED) is 0.519. The van der Waals surface area contributed by atoms with Gasteiger partial charge in [0.05, 0.1) is 24.0 Å². The predicted molar refractivity (Wildman–Crippen MR) is 109 cm³/mol. The van der Waals surface area contributed by atoms with Crippen molar-refractivity contribution < 1.29 is 4.79 Å². The second-order valence-electron chi connectivity index (χ2n) is 7.26. The van der Waals surface area contributed by atoms with E-state index in [9.17, 15) is 4.79 Å². The maximum Gasteiger partial charge on any atom is 0.280 e. The predicted octanol–water partition coefficient (Wildman–Crippen LogP) is 1.19. The highest BCUT2D eigenvalue weighted by molar-refractivity contribution is 6.02. The lowest BCUT2D eigenvalue weighted by atomic mass is 10.1. The maximum absolute atomic E-state index is 12.6. The van der Waals surface area contributed by atoms with Gasteiger partial charge < -0.3 is 5.32 Å². The molecule has 1 amide bonds. The van der Waals surface area contributed by atoms with E-state index in [1.165, 1.54) is 0 Å². The fourth-order valence-corrected chi connectivity index (χ4v) is 3.52. The van der Waals surface area contributed by atoms with E-state index in [1.54, 1.807) is 21.8 Å². The minimum Gasteiger partial charge on any atom is -0.317 e. The molecule has 1 saturated heterocycles. The van der Waals surface area contributed by atoms with Crippen LogP contribution >= 0.6 is 0 Å². The fourth-order valence-electron chi connectivity index (χ4n) is 3.52. The lowest BCUT2D eigenvalue weighted by Crippen LogP contribution is -2.29. The summed E-state index contributed by atoms with van der Waals surface area (Å²) in [6.45, 7) is 1.88. The van der Waals surface area contributed by atoms with Crippen molar-refractivity contribution >= 4 is 22.8 Å². The third-order valence-corrected chi connectivity index (χ3v) is 5.13. The Labute approximate surface area is 171 Å². The van der Waals surface area contributed by atoms with Gasteiger partial charge in [0.2, 0.25) is 5.95 Å². The summed E-state index contributed by atoms with van der Waals surface area (Å²) >= 11 is 0. The summed E-state index contributed by atoms with van der Waals surface area (Å²) in [6, 6.07) is 6.00. The van der Waals surface area contributed by atoms with E-state index in [1.807, 2.05) is 31.4 Å². The van der Waals surface area contributed by atoms with Gasteiger partial charge in [0.25, 0.3) is 5.91 Å². The van der Waals surface area contributed by atoms with Crippen molar-refractivity contribution in [3.05, 3.63) is 42.5 Å². The molecule has 4 aromatic rings. The number of carbonyl (C=O) groups excluding carboxylic acids is 1. The van der Waals surface area contributed by atoms with Gasteiger partial charge in [-0.1, -0.05) is 22.6 Å². The molecule has 0 spiro atoms. The second-order valence-corrected chi connectivity index (χ2v) is 7.26. The number of amides is 1. The average Bonchev–Trinajstić information content (AvgIpc) is 3.43. The largest absolute Gasteiger partial charge is 0.317 e. The minimum atomic E-state index is -0.389. The van der Waals surface area contributed by atoms with Crippen LogP contribution in [0, 0.1) is 0 Å². The van der Waals surface area contributed by atoms with E-state index in [0.29, 0.717) is 5.52 Å². The first-order chi connectivity index (χ1) is 14.7. The van der Waals surface area contributed by atoms with Crippen LogP contribution < -0.4 is 10.6 Å². The molecule has 0 radical (unpaired) electrons. The van der Waals surface area contributed by atoms with Gasteiger partial charge in [-0.05, 0) is 32.0 Å². The number of fused-ring (bicyclic) bond motifs is 1. The molecule has 1 fully saturated rings. The van der Waals surface area contributed by atoms with Crippen LogP contribution in [0.4, 0.5) is 5.95 Å². The van der Waals surface area contributed by atoms with Gasteiger partial charge in [0, 0.05) is 24.2 Å². The van der Waals surface area contributed by atoms with Gasteiger partial charge in [-0.15, -0.1) is 10.2 Å². The number of rotatable bonds is 4. The van der Waals surface area contributed by atoms with E-state index in [-0.39, 0.29) is 23.6 Å². The molecule has 11 nitrogen and oxygen atoms in total. The van der Waals surface area contributed by atoms with E-state index in [2.05, 4.69) is 41.2 Å². The number of benzene rings is 1. The summed E-state index contributed by atoms with van der Waals surface area (Å²) in [5.74, 6) is -0.181. The van der Waals surface area contributed by atoms with Crippen molar-refractivity contribution in [2.75, 3.05) is 18.4 Å². The van der Waals surface area contributed by atoms with Gasteiger partial charge in [0.15, 0.2) is 5.69 Å². The zero-order valence-corrected chi connectivity index (χ0v) is 16.4. The molecule has 11 heteroatoms. The normalized spacial score (nSPS) is 14.8. The van der Waals surface area contributed by atoms with Gasteiger partial charge in [0.1, 0.15) is 5.69 Å². The highest BCUT2D eigenvalue weighted by Crippen LogP contribution is 2.22. The first-order valence-corrected chi connectivity index (χ1v) is 9.73. The Hall–Kier alpha value is -3.73. The van der Waals surface area contributed by atoms with Crippen molar-refractivity contribution in [3.8, 4) is 11.3 Å². The Bertz CT molecular complexity index is 1210. The summed E-state index contributed by atoms with van der Waals surface area (Å²) in [5.41, 5.74) is 2.57. The van der Waals surface area contributed by atoms with Crippen LogP contribution in [-0.2, 0) is 7.05 Å². The van der Waals surface area contributed by atoms with Gasteiger partial charge in [-0.3, -0.25) is 14.8 Å². The molecule has 0 unspecified atom stereocenters. The Kier molecular flexibility index (Phi) is 4.64. The maximum atomic E-state index is 12.6. The third-order valence-electron chi connectivity index (χ3n) is 5.13. The average molecular weight is 404 g/mol. The lowest BCUT2D eigenvalue weighted by molar-refractivity contribution is 0.102. The molecule has 3 aromatic heterocycles. The van der Waals surface area contributed by atoms with Crippen LogP contribution in [0.15, 0.2) is 36.8 Å². The molecular weight excluding hydrogens is 384 g/mol. The van der Waals surface area contributed by atoms with E-state index in [4.69, 9.17) is 0 Å². The van der Waals surface area contributed by atoms with Crippen molar-refractivity contribution in [1.29, 1.82) is 0 Å². The number of hydrogen-bond donors (Lipinski definition) is 2. The molecule has 0 bridgehead atoms. The number of nitrogens with one attached hydrogen (secondary N) is 2.